The summed E-state index contributed by atoms with van der Waals surface area (Å²) in [5, 5.41) is 19.8. The molecule has 3 N–H and O–H groups in total. The lowest BCUT2D eigenvalue weighted by molar-refractivity contribution is -0.928. The zero-order valence-corrected chi connectivity index (χ0v) is 37.0. The molecule has 0 bridgehead atoms. The molecule has 0 radical (unpaired) electrons. The van der Waals surface area contributed by atoms with Crippen LogP contribution in [0.15, 0.2) is 42.7 Å². The van der Waals surface area contributed by atoms with E-state index in [1.807, 2.05) is 0 Å². The SMILES string of the molecule is COCCn1ncc(-c2ccc(-c3cnc(C(=O)Nc4ccc(C(=O)N5CCN(C(=O)CCCC(=O)N6CC[N+](CC(=O)O)(CC7CNC7)CC6)CC5)c(Cl)c4)n3C)c(F)c2F)c1C. The summed E-state index contributed by atoms with van der Waals surface area (Å²) in [6, 6.07) is 7.36. The Kier molecular flexibility index (Phi) is 14.4. The monoisotopic (exact) mass is 907 g/mol. The number of amides is 4. The number of methoxy groups -OCH3 is 1. The van der Waals surface area contributed by atoms with E-state index in [2.05, 4.69) is 20.7 Å². The summed E-state index contributed by atoms with van der Waals surface area (Å²) < 4.78 is 39.7. The van der Waals surface area contributed by atoms with E-state index in [4.69, 9.17) is 16.3 Å². The number of benzene rings is 2. The van der Waals surface area contributed by atoms with Crippen molar-refractivity contribution in [2.24, 2.45) is 13.0 Å². The molecule has 5 heterocycles. The molecule has 0 spiro atoms. The van der Waals surface area contributed by atoms with Gasteiger partial charge in [-0.2, -0.15) is 5.10 Å². The fourth-order valence-electron chi connectivity index (χ4n) is 8.79. The summed E-state index contributed by atoms with van der Waals surface area (Å²) in [6.07, 6.45) is 3.59. The number of aliphatic carboxylic acids is 1. The predicted octanol–water partition coefficient (Wildman–Crippen LogP) is 3.51. The largest absolute Gasteiger partial charge is 0.477 e. The van der Waals surface area contributed by atoms with Crippen molar-refractivity contribution >= 4 is 46.9 Å². The number of hydrogen-bond donors (Lipinski definition) is 3. The molecule has 3 fully saturated rings. The highest BCUT2D eigenvalue weighted by Crippen LogP contribution is 2.33. The highest BCUT2D eigenvalue weighted by Gasteiger charge is 2.40. The minimum Gasteiger partial charge on any atom is -0.477 e. The van der Waals surface area contributed by atoms with Crippen molar-refractivity contribution in [2.75, 3.05) is 97.6 Å². The van der Waals surface area contributed by atoms with Crippen LogP contribution >= 0.6 is 11.6 Å². The number of piperazine rings is 2. The Morgan fingerprint density at radius 1 is 0.906 bits per heavy atom. The minimum absolute atomic E-state index is 0.0305. The van der Waals surface area contributed by atoms with Crippen LogP contribution in [-0.2, 0) is 32.7 Å². The van der Waals surface area contributed by atoms with Crippen molar-refractivity contribution in [3.8, 4) is 22.4 Å². The first kappa shape index (κ1) is 46.2. The molecule has 0 saturated carbocycles. The number of carbonyl (C=O) groups excluding carboxylic acids is 4. The maximum absolute atomic E-state index is 15.6. The van der Waals surface area contributed by atoms with Gasteiger partial charge in [0.05, 0.1) is 74.5 Å². The van der Waals surface area contributed by atoms with E-state index in [0.717, 1.165) is 19.6 Å². The Labute approximate surface area is 374 Å². The molecule has 342 valence electrons. The molecule has 20 heteroatoms. The topological polar surface area (TPSA) is 184 Å². The molecular formula is C44H54ClF2N10O7+. The van der Waals surface area contributed by atoms with Crippen LogP contribution in [0.25, 0.3) is 22.4 Å². The van der Waals surface area contributed by atoms with Gasteiger partial charge in [-0.3, -0.25) is 23.9 Å². The highest BCUT2D eigenvalue weighted by atomic mass is 35.5. The number of nitrogens with zero attached hydrogens (tertiary/aromatic N) is 8. The van der Waals surface area contributed by atoms with Gasteiger partial charge in [0, 0.05) is 100 Å². The molecule has 0 aliphatic carbocycles. The molecule has 17 nitrogen and oxygen atoms in total. The van der Waals surface area contributed by atoms with E-state index < -0.39 is 23.5 Å². The fourth-order valence-corrected chi connectivity index (χ4v) is 9.05. The number of nitrogens with one attached hydrogen (secondary N) is 2. The van der Waals surface area contributed by atoms with Crippen LogP contribution in [0, 0.1) is 24.5 Å². The number of ether oxygens (including phenoxy) is 1. The first-order chi connectivity index (χ1) is 30.7. The van der Waals surface area contributed by atoms with E-state index in [0.29, 0.717) is 80.5 Å². The molecule has 3 aliphatic rings. The molecule has 64 heavy (non-hydrogen) atoms. The Morgan fingerprint density at radius 3 is 2.17 bits per heavy atom. The van der Waals surface area contributed by atoms with Gasteiger partial charge in [-0.05, 0) is 37.6 Å². The second-order valence-electron chi connectivity index (χ2n) is 16.8. The van der Waals surface area contributed by atoms with Crippen molar-refractivity contribution in [3.05, 3.63) is 76.5 Å². The molecule has 3 aliphatic heterocycles. The van der Waals surface area contributed by atoms with E-state index in [1.165, 1.54) is 54.3 Å². The molecule has 4 amide bonds. The van der Waals surface area contributed by atoms with Gasteiger partial charge in [0.1, 0.15) is 0 Å². The van der Waals surface area contributed by atoms with Gasteiger partial charge in [-0.25, -0.2) is 18.6 Å². The standard InChI is InChI=1S/C44H53ClF2N10O7/c1-28-34(24-50-56(28)17-20-64-3)31-9-10-33(41(47)40(31)46)36-25-49-42(52(36)2)43(62)51-30-7-8-32(35(45)21-30)44(63)55-13-11-53(12-14-55)37(58)5-4-6-38(59)54-15-18-57(19-16-54,27-39(60)61)26-29-22-48-23-29/h7-10,21,24-25,29,48H,4-6,11-20,22-23,26-27H2,1-3H3,(H-,51,60,61,62,63)/p+1. The molecule has 2 aromatic carbocycles. The molecule has 7 rings (SSSR count). The number of anilines is 1. The van der Waals surface area contributed by atoms with Crippen LogP contribution in [0.5, 0.6) is 0 Å². The Hall–Kier alpha value is -5.76. The van der Waals surface area contributed by atoms with Crippen molar-refractivity contribution in [3.63, 3.8) is 0 Å². The van der Waals surface area contributed by atoms with Gasteiger partial charge in [0.15, 0.2) is 24.0 Å². The summed E-state index contributed by atoms with van der Waals surface area (Å²) in [5.74, 6) is -3.71. The second-order valence-corrected chi connectivity index (χ2v) is 17.2. The van der Waals surface area contributed by atoms with E-state index in [1.54, 1.807) is 33.4 Å². The number of quaternary nitrogens is 1. The molecule has 3 saturated heterocycles. The average molecular weight is 908 g/mol. The third-order valence-corrected chi connectivity index (χ3v) is 12.9. The highest BCUT2D eigenvalue weighted by molar-refractivity contribution is 6.34. The van der Waals surface area contributed by atoms with Crippen molar-refractivity contribution < 1.29 is 47.1 Å². The van der Waals surface area contributed by atoms with E-state index in [9.17, 15) is 29.1 Å². The van der Waals surface area contributed by atoms with Crippen LogP contribution in [0.2, 0.25) is 5.02 Å². The summed E-state index contributed by atoms with van der Waals surface area (Å²) in [4.78, 5) is 73.8. The van der Waals surface area contributed by atoms with Crippen LogP contribution < -0.4 is 10.6 Å². The molecule has 4 aromatic rings. The molecular weight excluding hydrogens is 854 g/mol. The van der Waals surface area contributed by atoms with Gasteiger partial charge < -0.3 is 44.2 Å². The van der Waals surface area contributed by atoms with Gasteiger partial charge in [-0.15, -0.1) is 0 Å². The number of hydrogen-bond acceptors (Lipinski definition) is 9. The number of halogens is 3. The molecule has 0 atom stereocenters. The van der Waals surface area contributed by atoms with Crippen molar-refractivity contribution in [1.29, 1.82) is 0 Å². The van der Waals surface area contributed by atoms with Crippen LogP contribution in [0.3, 0.4) is 0 Å². The molecule has 0 unspecified atom stereocenters. The molecule has 2 aromatic heterocycles. The van der Waals surface area contributed by atoms with Crippen molar-refractivity contribution in [1.82, 2.24) is 39.3 Å². The third kappa shape index (κ3) is 10.1. The lowest BCUT2D eigenvalue weighted by Crippen LogP contribution is -2.65. The predicted molar refractivity (Wildman–Crippen MR) is 232 cm³/mol. The first-order valence-electron chi connectivity index (χ1n) is 21.4. The van der Waals surface area contributed by atoms with Crippen LogP contribution in [0.1, 0.15) is 45.9 Å². The Bertz CT molecular complexity index is 2400. The minimum atomic E-state index is -1.10. The summed E-state index contributed by atoms with van der Waals surface area (Å²) in [6.45, 7) is 8.70. The van der Waals surface area contributed by atoms with Crippen molar-refractivity contribution in [2.45, 2.75) is 32.7 Å². The van der Waals surface area contributed by atoms with Gasteiger partial charge in [0.2, 0.25) is 11.8 Å². The van der Waals surface area contributed by atoms with Gasteiger partial charge >= 0.3 is 5.97 Å². The van der Waals surface area contributed by atoms with E-state index >= 15 is 8.78 Å². The lowest BCUT2D eigenvalue weighted by Gasteiger charge is -2.47. The first-order valence-corrected chi connectivity index (χ1v) is 21.8. The maximum Gasteiger partial charge on any atom is 0.359 e. The normalized spacial score (nSPS) is 16.4. The number of carbonyl (C=O) groups is 5. The second kappa shape index (κ2) is 20.0. The van der Waals surface area contributed by atoms with Gasteiger partial charge in [0.25, 0.3) is 11.8 Å². The number of rotatable bonds is 16. The smallest absolute Gasteiger partial charge is 0.359 e. The maximum atomic E-state index is 15.6. The summed E-state index contributed by atoms with van der Waals surface area (Å²) >= 11 is 6.56. The lowest BCUT2D eigenvalue weighted by atomic mass is 10.00. The van der Waals surface area contributed by atoms with Crippen LogP contribution in [-0.4, -0.2) is 165 Å². The quantitative estimate of drug-likeness (QED) is 0.141. The Balaban J connectivity index is 0.873. The van der Waals surface area contributed by atoms with Gasteiger partial charge in [-0.1, -0.05) is 17.7 Å². The summed E-state index contributed by atoms with van der Waals surface area (Å²) in [7, 11) is 3.08. The fraction of sp³-hybridized carbons (Fsp3) is 0.477. The van der Waals surface area contributed by atoms with Crippen LogP contribution in [0.4, 0.5) is 14.5 Å². The van der Waals surface area contributed by atoms with E-state index in [-0.39, 0.29) is 89.1 Å². The zero-order chi connectivity index (χ0) is 45.7. The zero-order valence-electron chi connectivity index (χ0n) is 36.2. The number of carboxylic acid groups (broad SMARTS) is 1. The third-order valence-electron chi connectivity index (χ3n) is 12.6. The number of carboxylic acids is 1. The summed E-state index contributed by atoms with van der Waals surface area (Å²) in [5.41, 5.74) is 1.72. The average Bonchev–Trinajstić information content (AvgIpc) is 3.83. The Morgan fingerprint density at radius 2 is 1.55 bits per heavy atom. The number of imidazole rings is 1. The number of aromatic nitrogens is 4.